The molecule has 1 saturated heterocycles. The highest BCUT2D eigenvalue weighted by Crippen LogP contribution is 2.32. The van der Waals surface area contributed by atoms with Crippen LogP contribution in [0.4, 0.5) is 0 Å². The van der Waals surface area contributed by atoms with E-state index in [1.807, 2.05) is 18.2 Å². The molecule has 5 heteroatoms. The van der Waals surface area contributed by atoms with Crippen molar-refractivity contribution in [1.29, 1.82) is 0 Å². The Bertz CT molecular complexity index is 690. The summed E-state index contributed by atoms with van der Waals surface area (Å²) in [5.41, 5.74) is 0.307. The van der Waals surface area contributed by atoms with Crippen LogP contribution in [-0.4, -0.2) is 35.0 Å². The Hall–Kier alpha value is -2.30. The van der Waals surface area contributed by atoms with Crippen molar-refractivity contribution in [2.45, 2.75) is 13.3 Å². The van der Waals surface area contributed by atoms with E-state index < -0.39 is 11.4 Å². The molecule has 1 amide bonds. The molecule has 2 aromatic rings. The number of fused-ring (bicyclic) bond motifs is 1. The summed E-state index contributed by atoms with van der Waals surface area (Å²) in [6.45, 7) is 2.37. The van der Waals surface area contributed by atoms with Crippen LogP contribution in [0.1, 0.15) is 23.7 Å². The fourth-order valence-electron chi connectivity index (χ4n) is 2.62. The Morgan fingerprint density at radius 2 is 2.10 bits per heavy atom. The van der Waals surface area contributed by atoms with Crippen molar-refractivity contribution in [1.82, 2.24) is 4.90 Å². The summed E-state index contributed by atoms with van der Waals surface area (Å²) >= 11 is 0. The van der Waals surface area contributed by atoms with Crippen molar-refractivity contribution < 1.29 is 19.1 Å². The zero-order chi connectivity index (χ0) is 14.3. The van der Waals surface area contributed by atoms with Crippen molar-refractivity contribution in [3.8, 4) is 0 Å². The van der Waals surface area contributed by atoms with Crippen LogP contribution in [0.15, 0.2) is 34.9 Å². The van der Waals surface area contributed by atoms with E-state index in [2.05, 4.69) is 0 Å². The first-order valence-electron chi connectivity index (χ1n) is 6.50. The lowest BCUT2D eigenvalue weighted by molar-refractivity contribution is -0.147. The average molecular weight is 273 g/mol. The molecular formula is C15H15NO4. The predicted octanol–water partition coefficient (Wildman–Crippen LogP) is 2.37. The van der Waals surface area contributed by atoms with E-state index in [0.29, 0.717) is 24.1 Å². The molecule has 0 bridgehead atoms. The van der Waals surface area contributed by atoms with Crippen LogP contribution >= 0.6 is 0 Å². The molecule has 1 aliphatic heterocycles. The van der Waals surface area contributed by atoms with Crippen molar-refractivity contribution in [3.63, 3.8) is 0 Å². The van der Waals surface area contributed by atoms with Gasteiger partial charge in [0.15, 0.2) is 0 Å². The van der Waals surface area contributed by atoms with Crippen LogP contribution in [0.3, 0.4) is 0 Å². The molecule has 0 unspecified atom stereocenters. The Balaban J connectivity index is 1.89. The first-order valence-corrected chi connectivity index (χ1v) is 6.50. The van der Waals surface area contributed by atoms with Gasteiger partial charge in [0.05, 0.1) is 11.0 Å². The molecule has 0 saturated carbocycles. The Morgan fingerprint density at radius 1 is 1.35 bits per heavy atom. The fraction of sp³-hybridized carbons (Fsp3) is 0.333. The molecule has 2 heterocycles. The van der Waals surface area contributed by atoms with Gasteiger partial charge in [-0.15, -0.1) is 0 Å². The van der Waals surface area contributed by atoms with Gasteiger partial charge in [-0.05, 0) is 19.4 Å². The van der Waals surface area contributed by atoms with Crippen LogP contribution in [0.2, 0.25) is 0 Å². The molecule has 0 radical (unpaired) electrons. The highest BCUT2D eigenvalue weighted by molar-refractivity contribution is 6.06. The van der Waals surface area contributed by atoms with Gasteiger partial charge in [-0.25, -0.2) is 0 Å². The van der Waals surface area contributed by atoms with Gasteiger partial charge in [-0.1, -0.05) is 18.2 Å². The molecule has 1 fully saturated rings. The second kappa shape index (κ2) is 4.37. The van der Waals surface area contributed by atoms with E-state index in [9.17, 15) is 14.7 Å². The minimum atomic E-state index is -0.857. The fourth-order valence-corrected chi connectivity index (χ4v) is 2.62. The number of nitrogens with zero attached hydrogens (tertiary/aromatic N) is 1. The van der Waals surface area contributed by atoms with Crippen LogP contribution in [-0.2, 0) is 4.79 Å². The van der Waals surface area contributed by atoms with E-state index in [1.54, 1.807) is 17.9 Å². The van der Waals surface area contributed by atoms with Crippen LogP contribution in [0.25, 0.3) is 11.0 Å². The maximum absolute atomic E-state index is 12.5. The van der Waals surface area contributed by atoms with E-state index >= 15 is 0 Å². The largest absolute Gasteiger partial charge is 0.481 e. The number of carbonyl (C=O) groups excluding carboxylic acids is 1. The molecule has 20 heavy (non-hydrogen) atoms. The lowest BCUT2D eigenvalue weighted by atomic mass is 9.90. The standard InChI is InChI=1S/C15H15NO4/c1-15(14(18)19)6-7-16(9-15)13(17)11-8-20-12-5-3-2-4-10(11)12/h2-5,8H,6-7,9H2,1H3,(H,18,19)/t15-/m0/s1. The number of rotatable bonds is 2. The molecule has 3 rings (SSSR count). The summed E-state index contributed by atoms with van der Waals surface area (Å²) in [4.78, 5) is 25.3. The van der Waals surface area contributed by atoms with Crippen molar-refractivity contribution in [2.24, 2.45) is 5.41 Å². The molecule has 1 atom stereocenters. The average Bonchev–Trinajstić information content (AvgIpc) is 3.03. The zero-order valence-electron chi connectivity index (χ0n) is 11.1. The van der Waals surface area contributed by atoms with E-state index in [0.717, 1.165) is 5.39 Å². The van der Waals surface area contributed by atoms with Crippen molar-refractivity contribution >= 4 is 22.8 Å². The van der Waals surface area contributed by atoms with Gasteiger partial charge in [0.25, 0.3) is 5.91 Å². The smallest absolute Gasteiger partial charge is 0.311 e. The number of aliphatic carboxylic acids is 1. The number of carboxylic acid groups (broad SMARTS) is 1. The maximum Gasteiger partial charge on any atom is 0.311 e. The minimum absolute atomic E-state index is 0.167. The maximum atomic E-state index is 12.5. The molecular weight excluding hydrogens is 258 g/mol. The minimum Gasteiger partial charge on any atom is -0.481 e. The summed E-state index contributed by atoms with van der Waals surface area (Å²) in [5.74, 6) is -1.02. The summed E-state index contributed by atoms with van der Waals surface area (Å²) in [5, 5.41) is 9.98. The van der Waals surface area contributed by atoms with E-state index in [-0.39, 0.29) is 12.5 Å². The number of benzene rings is 1. The molecule has 1 aliphatic rings. The monoisotopic (exact) mass is 273 g/mol. The zero-order valence-corrected chi connectivity index (χ0v) is 11.1. The lowest BCUT2D eigenvalue weighted by Crippen LogP contribution is -2.34. The topological polar surface area (TPSA) is 70.8 Å². The number of amides is 1. The summed E-state index contributed by atoms with van der Waals surface area (Å²) in [6.07, 6.45) is 1.92. The lowest BCUT2D eigenvalue weighted by Gasteiger charge is -2.19. The predicted molar refractivity (Wildman–Crippen MR) is 72.5 cm³/mol. The van der Waals surface area contributed by atoms with Gasteiger partial charge in [0.2, 0.25) is 0 Å². The van der Waals surface area contributed by atoms with Crippen LogP contribution in [0.5, 0.6) is 0 Å². The van der Waals surface area contributed by atoms with Gasteiger partial charge in [-0.2, -0.15) is 0 Å². The van der Waals surface area contributed by atoms with E-state index in [1.165, 1.54) is 6.26 Å². The quantitative estimate of drug-likeness (QED) is 0.911. The summed E-state index contributed by atoms with van der Waals surface area (Å²) in [6, 6.07) is 7.33. The molecule has 5 nitrogen and oxygen atoms in total. The number of carboxylic acids is 1. The van der Waals surface area contributed by atoms with Crippen molar-refractivity contribution in [3.05, 3.63) is 36.1 Å². The third-order valence-electron chi connectivity index (χ3n) is 3.99. The molecule has 1 aromatic carbocycles. The number of para-hydroxylation sites is 1. The highest BCUT2D eigenvalue weighted by Gasteiger charge is 2.42. The first-order chi connectivity index (χ1) is 9.51. The van der Waals surface area contributed by atoms with Gasteiger partial charge in [-0.3, -0.25) is 9.59 Å². The number of hydrogen-bond acceptors (Lipinski definition) is 3. The SMILES string of the molecule is C[C@]1(C(=O)O)CCN(C(=O)c2coc3ccccc23)C1. The normalized spacial score (nSPS) is 22.4. The van der Waals surface area contributed by atoms with Crippen LogP contribution < -0.4 is 0 Å². The van der Waals surface area contributed by atoms with Gasteiger partial charge in [0, 0.05) is 18.5 Å². The second-order valence-electron chi connectivity index (χ2n) is 5.49. The number of likely N-dealkylation sites (tertiary alicyclic amines) is 1. The molecule has 1 aromatic heterocycles. The highest BCUT2D eigenvalue weighted by atomic mass is 16.4. The third-order valence-corrected chi connectivity index (χ3v) is 3.99. The molecule has 0 aliphatic carbocycles. The van der Waals surface area contributed by atoms with Gasteiger partial charge < -0.3 is 14.4 Å². The van der Waals surface area contributed by atoms with Crippen molar-refractivity contribution in [2.75, 3.05) is 13.1 Å². The molecule has 104 valence electrons. The Kier molecular flexibility index (Phi) is 2.78. The number of hydrogen-bond donors (Lipinski definition) is 1. The molecule has 1 N–H and O–H groups in total. The van der Waals surface area contributed by atoms with Crippen LogP contribution in [0, 0.1) is 5.41 Å². The summed E-state index contributed by atoms with van der Waals surface area (Å²) in [7, 11) is 0. The second-order valence-corrected chi connectivity index (χ2v) is 5.49. The van der Waals surface area contributed by atoms with Gasteiger partial charge in [0.1, 0.15) is 11.8 Å². The first kappa shape index (κ1) is 12.7. The van der Waals surface area contributed by atoms with Gasteiger partial charge >= 0.3 is 5.97 Å². The molecule has 0 spiro atoms. The Labute approximate surface area is 115 Å². The number of furan rings is 1. The van der Waals surface area contributed by atoms with E-state index in [4.69, 9.17) is 4.42 Å². The number of carbonyl (C=O) groups is 2. The Morgan fingerprint density at radius 3 is 2.80 bits per heavy atom. The third kappa shape index (κ3) is 1.86. The summed E-state index contributed by atoms with van der Waals surface area (Å²) < 4.78 is 5.37.